The van der Waals surface area contributed by atoms with Crippen molar-refractivity contribution in [3.05, 3.63) is 0 Å². The van der Waals surface area contributed by atoms with Crippen molar-refractivity contribution >= 4 is 5.97 Å². The van der Waals surface area contributed by atoms with Crippen LogP contribution in [0.15, 0.2) is 0 Å². The van der Waals surface area contributed by atoms with Gasteiger partial charge in [-0.3, -0.25) is 4.79 Å². The Kier molecular flexibility index (Phi) is 8.21. The molecule has 0 fully saturated rings. The summed E-state index contributed by atoms with van der Waals surface area (Å²) in [4.78, 5) is 11.5. The first-order chi connectivity index (χ1) is 7.54. The van der Waals surface area contributed by atoms with E-state index in [0.717, 1.165) is 25.7 Å². The van der Waals surface area contributed by atoms with Crippen LogP contribution in [0.4, 0.5) is 0 Å². The van der Waals surface area contributed by atoms with Gasteiger partial charge in [-0.2, -0.15) is 0 Å². The van der Waals surface area contributed by atoms with Crippen molar-refractivity contribution in [2.24, 2.45) is 11.8 Å². The molecule has 0 aliphatic rings. The average molecular weight is 232 g/mol. The Morgan fingerprint density at radius 2 is 1.88 bits per heavy atom. The number of aliphatic hydroxyl groups is 2. The van der Waals surface area contributed by atoms with Crippen molar-refractivity contribution in [2.75, 3.05) is 7.11 Å². The van der Waals surface area contributed by atoms with Crippen LogP contribution < -0.4 is 0 Å². The van der Waals surface area contributed by atoms with Crippen LogP contribution in [0.3, 0.4) is 0 Å². The summed E-state index contributed by atoms with van der Waals surface area (Å²) in [6.07, 6.45) is 3.47. The molecular formula is C12H24O4. The van der Waals surface area contributed by atoms with Crippen LogP contribution in [0.5, 0.6) is 0 Å². The van der Waals surface area contributed by atoms with Gasteiger partial charge in [0.05, 0.1) is 13.0 Å². The second-order valence-corrected chi connectivity index (χ2v) is 4.25. The van der Waals surface area contributed by atoms with Gasteiger partial charge in [0.15, 0.2) is 6.29 Å². The fraction of sp³-hybridized carbons (Fsp3) is 0.917. The zero-order chi connectivity index (χ0) is 12.6. The first kappa shape index (κ1) is 15.4. The van der Waals surface area contributed by atoms with Gasteiger partial charge in [0.2, 0.25) is 0 Å². The number of ether oxygens (including phenoxy) is 1. The standard InChI is InChI=1S/C12H24O4/c1-4-5-6-7-8-10(12(15)16-3)9(2)11(13)14/h9-11,13-14H,4-8H2,1-3H3. The molecule has 96 valence electrons. The molecule has 0 aromatic heterocycles. The smallest absolute Gasteiger partial charge is 0.309 e. The molecule has 16 heavy (non-hydrogen) atoms. The molecule has 0 radical (unpaired) electrons. The molecule has 4 heteroatoms. The molecule has 4 nitrogen and oxygen atoms in total. The summed E-state index contributed by atoms with van der Waals surface area (Å²) in [7, 11) is 1.33. The highest BCUT2D eigenvalue weighted by atomic mass is 16.5. The molecule has 0 rings (SSSR count). The van der Waals surface area contributed by atoms with E-state index in [-0.39, 0.29) is 5.97 Å². The minimum absolute atomic E-state index is 0.350. The van der Waals surface area contributed by atoms with E-state index in [0.29, 0.717) is 6.42 Å². The highest BCUT2D eigenvalue weighted by Gasteiger charge is 2.29. The van der Waals surface area contributed by atoms with Crippen LogP contribution in [0.25, 0.3) is 0 Å². The molecule has 0 heterocycles. The quantitative estimate of drug-likeness (QED) is 0.380. The van der Waals surface area contributed by atoms with Gasteiger partial charge < -0.3 is 14.9 Å². The summed E-state index contributed by atoms with van der Waals surface area (Å²) in [6, 6.07) is 0. The Morgan fingerprint density at radius 3 is 2.31 bits per heavy atom. The number of unbranched alkanes of at least 4 members (excludes halogenated alkanes) is 3. The predicted molar refractivity (Wildman–Crippen MR) is 61.7 cm³/mol. The van der Waals surface area contributed by atoms with Crippen molar-refractivity contribution in [1.82, 2.24) is 0 Å². The van der Waals surface area contributed by atoms with Gasteiger partial charge >= 0.3 is 5.97 Å². The third-order valence-electron chi connectivity index (χ3n) is 2.98. The van der Waals surface area contributed by atoms with Gasteiger partial charge in [-0.15, -0.1) is 0 Å². The average Bonchev–Trinajstić information content (AvgIpc) is 2.27. The lowest BCUT2D eigenvalue weighted by Gasteiger charge is -2.22. The molecule has 0 spiro atoms. The van der Waals surface area contributed by atoms with Crippen LogP contribution in [0.1, 0.15) is 46.0 Å². The van der Waals surface area contributed by atoms with E-state index in [1.54, 1.807) is 6.92 Å². The zero-order valence-corrected chi connectivity index (χ0v) is 10.5. The Morgan fingerprint density at radius 1 is 1.25 bits per heavy atom. The highest BCUT2D eigenvalue weighted by Crippen LogP contribution is 2.22. The second kappa shape index (κ2) is 8.53. The molecule has 0 amide bonds. The SMILES string of the molecule is CCCCCCC(C(=O)OC)C(C)C(O)O. The minimum atomic E-state index is -1.46. The van der Waals surface area contributed by atoms with Crippen molar-refractivity contribution in [3.8, 4) is 0 Å². The monoisotopic (exact) mass is 232 g/mol. The first-order valence-electron chi connectivity index (χ1n) is 5.98. The maximum Gasteiger partial charge on any atom is 0.309 e. The lowest BCUT2D eigenvalue weighted by Crippen LogP contribution is -2.31. The van der Waals surface area contributed by atoms with Crippen LogP contribution in [-0.2, 0) is 9.53 Å². The molecule has 2 atom stereocenters. The third kappa shape index (κ3) is 5.47. The van der Waals surface area contributed by atoms with E-state index >= 15 is 0 Å². The Bertz CT molecular complexity index is 191. The fourth-order valence-corrected chi connectivity index (χ4v) is 1.75. The Balaban J connectivity index is 4.16. The maximum atomic E-state index is 11.5. The minimum Gasteiger partial charge on any atom is -0.469 e. The number of hydrogen-bond acceptors (Lipinski definition) is 4. The Labute approximate surface area is 97.6 Å². The predicted octanol–water partition coefficient (Wildman–Crippen LogP) is 1.69. The molecule has 2 unspecified atom stereocenters. The molecule has 0 aliphatic heterocycles. The zero-order valence-electron chi connectivity index (χ0n) is 10.5. The molecule has 2 N–H and O–H groups in total. The van der Waals surface area contributed by atoms with Crippen LogP contribution >= 0.6 is 0 Å². The van der Waals surface area contributed by atoms with Crippen molar-refractivity contribution in [1.29, 1.82) is 0 Å². The van der Waals surface area contributed by atoms with Crippen molar-refractivity contribution in [2.45, 2.75) is 52.2 Å². The highest BCUT2D eigenvalue weighted by molar-refractivity contribution is 5.72. The van der Waals surface area contributed by atoms with Gasteiger partial charge in [-0.05, 0) is 6.42 Å². The summed E-state index contributed by atoms with van der Waals surface area (Å²) in [5.74, 6) is -1.24. The number of carbonyl (C=O) groups excluding carboxylic acids is 1. The molecule has 0 saturated carbocycles. The van der Waals surface area contributed by atoms with Crippen molar-refractivity contribution in [3.63, 3.8) is 0 Å². The summed E-state index contributed by atoms with van der Waals surface area (Å²) < 4.78 is 4.68. The van der Waals surface area contributed by atoms with E-state index in [1.807, 2.05) is 0 Å². The van der Waals surface area contributed by atoms with Crippen LogP contribution in [0.2, 0.25) is 0 Å². The summed E-state index contributed by atoms with van der Waals surface area (Å²) >= 11 is 0. The number of aliphatic hydroxyl groups excluding tert-OH is 1. The van der Waals surface area contributed by atoms with Crippen molar-refractivity contribution < 1.29 is 19.7 Å². The summed E-state index contributed by atoms with van der Waals surface area (Å²) in [5, 5.41) is 18.2. The van der Waals surface area contributed by atoms with Gasteiger partial charge in [-0.1, -0.05) is 39.5 Å². The van der Waals surface area contributed by atoms with Gasteiger partial charge in [0, 0.05) is 5.92 Å². The number of carbonyl (C=O) groups is 1. The topological polar surface area (TPSA) is 66.8 Å². The maximum absolute atomic E-state index is 11.5. The number of hydrogen-bond donors (Lipinski definition) is 2. The number of methoxy groups -OCH3 is 1. The molecule has 0 aromatic rings. The summed E-state index contributed by atoms with van der Waals surface area (Å²) in [5.41, 5.74) is 0. The van der Waals surface area contributed by atoms with Gasteiger partial charge in [0.25, 0.3) is 0 Å². The lowest BCUT2D eigenvalue weighted by molar-refractivity contribution is -0.156. The fourth-order valence-electron chi connectivity index (χ4n) is 1.75. The van der Waals surface area contributed by atoms with Gasteiger partial charge in [-0.25, -0.2) is 0 Å². The van der Waals surface area contributed by atoms with Gasteiger partial charge in [0.1, 0.15) is 0 Å². The molecule has 0 aromatic carbocycles. The normalized spacial score (nSPS) is 14.9. The third-order valence-corrected chi connectivity index (χ3v) is 2.98. The van der Waals surface area contributed by atoms with E-state index < -0.39 is 18.1 Å². The largest absolute Gasteiger partial charge is 0.469 e. The van der Waals surface area contributed by atoms with E-state index in [4.69, 9.17) is 10.2 Å². The second-order valence-electron chi connectivity index (χ2n) is 4.25. The number of esters is 1. The van der Waals surface area contributed by atoms with Crippen LogP contribution in [0, 0.1) is 11.8 Å². The van der Waals surface area contributed by atoms with Crippen LogP contribution in [-0.4, -0.2) is 29.6 Å². The Hall–Kier alpha value is -0.610. The van der Waals surface area contributed by atoms with E-state index in [1.165, 1.54) is 7.11 Å². The first-order valence-corrected chi connectivity index (χ1v) is 5.98. The molecular weight excluding hydrogens is 208 g/mol. The summed E-state index contributed by atoms with van der Waals surface area (Å²) in [6.45, 7) is 3.78. The molecule has 0 bridgehead atoms. The van der Waals surface area contributed by atoms with E-state index in [9.17, 15) is 4.79 Å². The van der Waals surface area contributed by atoms with E-state index in [2.05, 4.69) is 11.7 Å². The molecule has 0 aliphatic carbocycles. The number of rotatable bonds is 8. The lowest BCUT2D eigenvalue weighted by atomic mass is 9.88. The molecule has 0 saturated heterocycles.